The molecule has 0 saturated carbocycles. The van der Waals surface area contributed by atoms with Crippen LogP contribution in [0.25, 0.3) is 0 Å². The first-order valence-electron chi connectivity index (χ1n) is 6.76. The molecule has 0 radical (unpaired) electrons. The maximum absolute atomic E-state index is 12.0. The van der Waals surface area contributed by atoms with E-state index in [9.17, 15) is 9.59 Å². The summed E-state index contributed by atoms with van der Waals surface area (Å²) in [5, 5.41) is 13.9. The fraction of sp³-hybridized carbons (Fsp3) is 0.286. The lowest BCUT2D eigenvalue weighted by Gasteiger charge is -2.08. The van der Waals surface area contributed by atoms with Crippen molar-refractivity contribution in [3.63, 3.8) is 0 Å². The largest absolute Gasteiger partial charge is 0.326 e. The number of thioether (sulfide) groups is 1. The van der Waals surface area contributed by atoms with Gasteiger partial charge in [-0.1, -0.05) is 17.8 Å². The number of anilines is 2. The minimum atomic E-state index is -0.155. The van der Waals surface area contributed by atoms with Crippen LogP contribution in [0.2, 0.25) is 0 Å². The molecule has 0 atom stereocenters. The van der Waals surface area contributed by atoms with Crippen LogP contribution in [0, 0.1) is 0 Å². The van der Waals surface area contributed by atoms with E-state index in [0.717, 1.165) is 6.54 Å². The Labute approximate surface area is 132 Å². The van der Waals surface area contributed by atoms with Crippen molar-refractivity contribution >= 4 is 35.0 Å². The van der Waals surface area contributed by atoms with Gasteiger partial charge in [-0.05, 0) is 25.1 Å². The molecule has 22 heavy (non-hydrogen) atoms. The maximum atomic E-state index is 12.0. The Balaban J connectivity index is 1.90. The van der Waals surface area contributed by atoms with Gasteiger partial charge in [-0.25, -0.2) is 0 Å². The summed E-state index contributed by atoms with van der Waals surface area (Å²) < 4.78 is 1.87. The highest BCUT2D eigenvalue weighted by Crippen LogP contribution is 2.17. The minimum Gasteiger partial charge on any atom is -0.326 e. The molecule has 0 aliphatic heterocycles. The fourth-order valence-electron chi connectivity index (χ4n) is 1.78. The normalized spacial score (nSPS) is 10.3. The van der Waals surface area contributed by atoms with E-state index >= 15 is 0 Å². The van der Waals surface area contributed by atoms with E-state index in [1.54, 1.807) is 30.6 Å². The average Bonchev–Trinajstić information content (AvgIpc) is 2.92. The Bertz CT molecular complexity index is 671. The highest BCUT2D eigenvalue weighted by molar-refractivity contribution is 7.99. The number of amides is 2. The summed E-state index contributed by atoms with van der Waals surface area (Å²) in [6.45, 7) is 4.18. The first-order valence-corrected chi connectivity index (χ1v) is 7.75. The van der Waals surface area contributed by atoms with Crippen molar-refractivity contribution in [2.75, 3.05) is 16.4 Å². The van der Waals surface area contributed by atoms with Crippen molar-refractivity contribution in [3.05, 3.63) is 30.6 Å². The standard InChI is InChI=1S/C14H17N5O2S/c1-3-19-9-15-18-14(19)22-8-13(21)17-12-6-4-5-11(7-12)16-10(2)20/h4-7,9H,3,8H2,1-2H3,(H,16,20)(H,17,21). The lowest BCUT2D eigenvalue weighted by molar-refractivity contribution is -0.114. The minimum absolute atomic E-state index is 0.143. The van der Waals surface area contributed by atoms with Crippen molar-refractivity contribution in [2.45, 2.75) is 25.5 Å². The van der Waals surface area contributed by atoms with Gasteiger partial charge in [-0.3, -0.25) is 9.59 Å². The quantitative estimate of drug-likeness (QED) is 0.795. The number of aryl methyl sites for hydroxylation is 1. The molecule has 2 aromatic rings. The van der Waals surface area contributed by atoms with Gasteiger partial charge in [0.2, 0.25) is 11.8 Å². The molecule has 0 aliphatic rings. The Kier molecular flexibility index (Phi) is 5.54. The zero-order valence-electron chi connectivity index (χ0n) is 12.4. The van der Waals surface area contributed by atoms with E-state index in [0.29, 0.717) is 16.5 Å². The number of carbonyl (C=O) groups excluding carboxylic acids is 2. The van der Waals surface area contributed by atoms with E-state index in [1.807, 2.05) is 11.5 Å². The summed E-state index contributed by atoms with van der Waals surface area (Å²) in [6.07, 6.45) is 1.64. The van der Waals surface area contributed by atoms with Gasteiger partial charge in [0.05, 0.1) is 5.75 Å². The van der Waals surface area contributed by atoms with Gasteiger partial charge >= 0.3 is 0 Å². The van der Waals surface area contributed by atoms with Crippen LogP contribution >= 0.6 is 11.8 Å². The number of nitrogens with one attached hydrogen (secondary N) is 2. The third-order valence-electron chi connectivity index (χ3n) is 2.72. The summed E-state index contributed by atoms with van der Waals surface area (Å²) in [5.74, 6) is -0.0585. The van der Waals surface area contributed by atoms with Crippen molar-refractivity contribution in [1.29, 1.82) is 0 Å². The number of carbonyl (C=O) groups is 2. The molecule has 1 heterocycles. The fourth-order valence-corrected chi connectivity index (χ4v) is 2.56. The molecule has 116 valence electrons. The Morgan fingerprint density at radius 1 is 1.27 bits per heavy atom. The molecule has 0 bridgehead atoms. The molecule has 2 N–H and O–H groups in total. The summed E-state index contributed by atoms with van der Waals surface area (Å²) in [5.41, 5.74) is 1.28. The number of benzene rings is 1. The number of nitrogens with zero attached hydrogens (tertiary/aromatic N) is 3. The van der Waals surface area contributed by atoms with E-state index in [4.69, 9.17) is 0 Å². The summed E-state index contributed by atoms with van der Waals surface area (Å²) in [7, 11) is 0. The molecular weight excluding hydrogens is 302 g/mol. The molecule has 1 aromatic heterocycles. The van der Waals surface area contributed by atoms with E-state index < -0.39 is 0 Å². The lowest BCUT2D eigenvalue weighted by Crippen LogP contribution is -2.15. The SMILES string of the molecule is CCn1cnnc1SCC(=O)Nc1cccc(NC(C)=O)c1. The van der Waals surface area contributed by atoms with Crippen LogP contribution in [-0.2, 0) is 16.1 Å². The van der Waals surface area contributed by atoms with E-state index in [-0.39, 0.29) is 17.6 Å². The van der Waals surface area contributed by atoms with Gasteiger partial charge in [-0.15, -0.1) is 10.2 Å². The maximum Gasteiger partial charge on any atom is 0.234 e. The molecule has 0 saturated heterocycles. The highest BCUT2D eigenvalue weighted by Gasteiger charge is 2.08. The van der Waals surface area contributed by atoms with Gasteiger partial charge in [-0.2, -0.15) is 0 Å². The zero-order chi connectivity index (χ0) is 15.9. The Hall–Kier alpha value is -2.35. The van der Waals surface area contributed by atoms with Crippen LogP contribution in [0.3, 0.4) is 0 Å². The van der Waals surface area contributed by atoms with Crippen LogP contribution < -0.4 is 10.6 Å². The molecular formula is C14H17N5O2S. The van der Waals surface area contributed by atoms with Gasteiger partial charge in [0.1, 0.15) is 6.33 Å². The number of aromatic nitrogens is 3. The monoisotopic (exact) mass is 319 g/mol. The first-order chi connectivity index (χ1) is 10.6. The van der Waals surface area contributed by atoms with Gasteiger partial charge in [0, 0.05) is 24.8 Å². The molecule has 1 aromatic carbocycles. The Morgan fingerprint density at radius 2 is 2.00 bits per heavy atom. The zero-order valence-corrected chi connectivity index (χ0v) is 13.2. The van der Waals surface area contributed by atoms with Crippen molar-refractivity contribution < 1.29 is 9.59 Å². The van der Waals surface area contributed by atoms with E-state index in [2.05, 4.69) is 20.8 Å². The van der Waals surface area contributed by atoms with Crippen LogP contribution in [0.4, 0.5) is 11.4 Å². The van der Waals surface area contributed by atoms with Crippen LogP contribution in [0.1, 0.15) is 13.8 Å². The molecule has 7 nitrogen and oxygen atoms in total. The van der Waals surface area contributed by atoms with Crippen molar-refractivity contribution in [1.82, 2.24) is 14.8 Å². The predicted octanol–water partition coefficient (Wildman–Crippen LogP) is 1.99. The number of hydrogen-bond donors (Lipinski definition) is 2. The second-order valence-corrected chi connectivity index (χ2v) is 5.44. The van der Waals surface area contributed by atoms with Crippen LogP contribution in [0.5, 0.6) is 0 Å². The molecule has 0 aliphatic carbocycles. The molecule has 8 heteroatoms. The van der Waals surface area contributed by atoms with Crippen LogP contribution in [-0.4, -0.2) is 32.3 Å². The average molecular weight is 319 g/mol. The smallest absolute Gasteiger partial charge is 0.234 e. The number of hydrogen-bond acceptors (Lipinski definition) is 5. The van der Waals surface area contributed by atoms with Gasteiger partial charge in [0.15, 0.2) is 5.16 Å². The lowest BCUT2D eigenvalue weighted by atomic mass is 10.2. The van der Waals surface area contributed by atoms with E-state index in [1.165, 1.54) is 18.7 Å². The Morgan fingerprint density at radius 3 is 2.68 bits per heavy atom. The summed E-state index contributed by atoms with van der Waals surface area (Å²) in [4.78, 5) is 23.0. The second kappa shape index (κ2) is 7.60. The predicted molar refractivity (Wildman–Crippen MR) is 85.8 cm³/mol. The number of rotatable bonds is 6. The van der Waals surface area contributed by atoms with Crippen LogP contribution in [0.15, 0.2) is 35.7 Å². The summed E-state index contributed by atoms with van der Waals surface area (Å²) >= 11 is 1.33. The van der Waals surface area contributed by atoms with Crippen molar-refractivity contribution in [2.24, 2.45) is 0 Å². The molecule has 0 fully saturated rings. The summed E-state index contributed by atoms with van der Waals surface area (Å²) in [6, 6.07) is 7.00. The third kappa shape index (κ3) is 4.59. The molecule has 0 spiro atoms. The highest BCUT2D eigenvalue weighted by atomic mass is 32.2. The topological polar surface area (TPSA) is 88.9 Å². The van der Waals surface area contributed by atoms with Gasteiger partial charge in [0.25, 0.3) is 0 Å². The second-order valence-electron chi connectivity index (χ2n) is 4.50. The molecule has 2 amide bonds. The molecule has 0 unspecified atom stereocenters. The third-order valence-corrected chi connectivity index (χ3v) is 3.70. The first kappa shape index (κ1) is 16.0. The van der Waals surface area contributed by atoms with Gasteiger partial charge < -0.3 is 15.2 Å². The molecule has 2 rings (SSSR count). The van der Waals surface area contributed by atoms with Crippen molar-refractivity contribution in [3.8, 4) is 0 Å².